The molecule has 2 nitrogen and oxygen atoms in total. The van der Waals surface area contributed by atoms with Gasteiger partial charge >= 0.3 is 0 Å². The molecule has 0 amide bonds. The Kier molecular flexibility index (Phi) is 1.51. The Labute approximate surface area is 112 Å². The summed E-state index contributed by atoms with van der Waals surface area (Å²) in [5, 5.41) is 22.6. The summed E-state index contributed by atoms with van der Waals surface area (Å²) < 4.78 is -0.252. The van der Waals surface area contributed by atoms with Gasteiger partial charge in [0.1, 0.15) is 0 Å². The molecule has 6 unspecified atom stereocenters. The molecule has 3 aliphatic heterocycles. The second-order valence-electron chi connectivity index (χ2n) is 5.10. The Bertz CT molecular complexity index is 538. The molecule has 1 aromatic carbocycles. The zero-order valence-corrected chi connectivity index (χ0v) is 11.2. The van der Waals surface area contributed by atoms with E-state index in [0.717, 1.165) is 0 Å². The van der Waals surface area contributed by atoms with Gasteiger partial charge in [-0.2, -0.15) is 0 Å². The molecule has 4 fully saturated rings. The second kappa shape index (κ2) is 2.56. The van der Waals surface area contributed by atoms with Gasteiger partial charge in [0.2, 0.25) is 0 Å². The van der Waals surface area contributed by atoms with Gasteiger partial charge in [-0.25, -0.2) is 0 Å². The molecule has 5 heteroatoms. The Hall–Kier alpha value is 0.190. The molecule has 1 aromatic rings. The van der Waals surface area contributed by atoms with Crippen LogP contribution in [0.5, 0.6) is 0 Å². The zero-order chi connectivity index (χ0) is 11.5. The molecule has 1 saturated carbocycles. The summed E-state index contributed by atoms with van der Waals surface area (Å²) in [4.78, 5) is -1.85. The van der Waals surface area contributed by atoms with Crippen molar-refractivity contribution in [2.24, 2.45) is 0 Å². The van der Waals surface area contributed by atoms with Gasteiger partial charge in [-0.15, -0.1) is 35.3 Å². The number of thioether (sulfide) groups is 3. The summed E-state index contributed by atoms with van der Waals surface area (Å²) in [7, 11) is 0. The molecule has 0 spiro atoms. The summed E-state index contributed by atoms with van der Waals surface area (Å²) in [6.45, 7) is 0. The van der Waals surface area contributed by atoms with Gasteiger partial charge < -0.3 is 10.2 Å². The van der Waals surface area contributed by atoms with Crippen molar-refractivity contribution in [2.75, 3.05) is 0 Å². The van der Waals surface area contributed by atoms with Crippen molar-refractivity contribution in [1.29, 1.82) is 0 Å². The lowest BCUT2D eigenvalue weighted by molar-refractivity contribution is -0.0155. The monoisotopic (exact) mass is 282 g/mol. The number of rotatable bonds is 1. The highest BCUT2D eigenvalue weighted by molar-refractivity contribution is 8.19. The molecule has 3 saturated heterocycles. The van der Waals surface area contributed by atoms with E-state index >= 15 is 0 Å². The van der Waals surface area contributed by atoms with E-state index in [1.807, 2.05) is 30.0 Å². The fourth-order valence-corrected chi connectivity index (χ4v) is 9.03. The van der Waals surface area contributed by atoms with Crippen molar-refractivity contribution in [2.45, 2.75) is 30.4 Å². The van der Waals surface area contributed by atoms with Crippen LogP contribution in [0.3, 0.4) is 0 Å². The predicted molar refractivity (Wildman–Crippen MR) is 72.2 cm³/mol. The van der Waals surface area contributed by atoms with Crippen LogP contribution in [0.2, 0.25) is 0 Å². The van der Waals surface area contributed by atoms with Crippen molar-refractivity contribution in [1.82, 2.24) is 0 Å². The first-order valence-corrected chi connectivity index (χ1v) is 8.31. The van der Waals surface area contributed by atoms with Crippen LogP contribution in [0.25, 0.3) is 0 Å². The quantitative estimate of drug-likeness (QED) is 0.766. The summed E-state index contributed by atoms with van der Waals surface area (Å²) in [6.07, 6.45) is 0. The van der Waals surface area contributed by atoms with Gasteiger partial charge in [0.25, 0.3) is 0 Å². The standard InChI is InChI=1S/C12H10O2S3/c13-11-9(16-11)7-8(15-7)10(12(11,14)17-10)6-4-2-1-3-5-6/h1-5,7-9,13-14H. The largest absolute Gasteiger partial charge is 0.374 e. The van der Waals surface area contributed by atoms with Crippen molar-refractivity contribution < 1.29 is 10.2 Å². The molecule has 5 rings (SSSR count). The summed E-state index contributed by atoms with van der Waals surface area (Å²) in [5.41, 5.74) is 1.17. The lowest BCUT2D eigenvalue weighted by Crippen LogP contribution is -2.47. The normalized spacial score (nSPS) is 60.9. The average Bonchev–Trinajstić information content (AvgIpc) is 3.14. The first kappa shape index (κ1) is 10.0. The number of hydrogen-bond acceptors (Lipinski definition) is 5. The van der Waals surface area contributed by atoms with Crippen LogP contribution in [0.15, 0.2) is 30.3 Å². The van der Waals surface area contributed by atoms with Gasteiger partial charge in [-0.1, -0.05) is 30.3 Å². The van der Waals surface area contributed by atoms with Crippen LogP contribution in [0.4, 0.5) is 0 Å². The minimum Gasteiger partial charge on any atom is -0.374 e. The van der Waals surface area contributed by atoms with Crippen molar-refractivity contribution in [3.63, 3.8) is 0 Å². The fraction of sp³-hybridized carbons (Fsp3) is 0.500. The third-order valence-electron chi connectivity index (χ3n) is 4.32. The average molecular weight is 282 g/mol. The highest BCUT2D eigenvalue weighted by atomic mass is 32.2. The third-order valence-corrected chi connectivity index (χ3v) is 9.63. The Morgan fingerprint density at radius 2 is 1.82 bits per heavy atom. The molecule has 88 valence electrons. The van der Waals surface area contributed by atoms with Crippen LogP contribution in [0.1, 0.15) is 5.56 Å². The molecule has 2 N–H and O–H groups in total. The van der Waals surface area contributed by atoms with E-state index in [-0.39, 0.29) is 10.00 Å². The molecule has 6 atom stereocenters. The van der Waals surface area contributed by atoms with Crippen LogP contribution >= 0.6 is 35.3 Å². The summed E-state index contributed by atoms with van der Waals surface area (Å²) in [6, 6.07) is 10.2. The van der Waals surface area contributed by atoms with Crippen LogP contribution in [0, 0.1) is 0 Å². The molecule has 3 heterocycles. The minimum atomic E-state index is -0.957. The maximum Gasteiger partial charge on any atom is 0.170 e. The molecule has 1 aliphatic carbocycles. The maximum atomic E-state index is 10.8. The molecule has 17 heavy (non-hydrogen) atoms. The van der Waals surface area contributed by atoms with Gasteiger partial charge in [0, 0.05) is 10.5 Å². The molecule has 0 radical (unpaired) electrons. The van der Waals surface area contributed by atoms with Gasteiger partial charge in [-0.3, -0.25) is 0 Å². The van der Waals surface area contributed by atoms with E-state index < -0.39 is 9.87 Å². The van der Waals surface area contributed by atoms with Crippen LogP contribution < -0.4 is 0 Å². The Morgan fingerprint density at radius 1 is 1.06 bits per heavy atom. The molecular weight excluding hydrogens is 272 g/mol. The van der Waals surface area contributed by atoms with E-state index in [2.05, 4.69) is 12.1 Å². The van der Waals surface area contributed by atoms with Crippen molar-refractivity contribution in [3.8, 4) is 0 Å². The smallest absolute Gasteiger partial charge is 0.170 e. The number of benzene rings is 1. The Balaban J connectivity index is 1.70. The molecule has 4 aliphatic rings. The molecule has 0 aromatic heterocycles. The molecular formula is C12H10O2S3. The first-order valence-electron chi connectivity index (χ1n) is 5.67. The van der Waals surface area contributed by atoms with E-state index in [4.69, 9.17) is 0 Å². The van der Waals surface area contributed by atoms with Gasteiger partial charge in [0.05, 0.1) is 10.00 Å². The summed E-state index contributed by atoms with van der Waals surface area (Å²) in [5.74, 6) is 0. The topological polar surface area (TPSA) is 40.5 Å². The van der Waals surface area contributed by atoms with Crippen LogP contribution in [-0.2, 0) is 4.75 Å². The lowest BCUT2D eigenvalue weighted by Gasteiger charge is -2.26. The van der Waals surface area contributed by atoms with Gasteiger partial charge in [0.15, 0.2) is 9.87 Å². The predicted octanol–water partition coefficient (Wildman–Crippen LogP) is 1.62. The highest BCUT2D eigenvalue weighted by Gasteiger charge is 2.96. The van der Waals surface area contributed by atoms with E-state index in [9.17, 15) is 10.2 Å². The summed E-state index contributed by atoms with van der Waals surface area (Å²) >= 11 is 5.05. The van der Waals surface area contributed by atoms with Crippen LogP contribution in [-0.4, -0.2) is 35.8 Å². The number of hydrogen-bond donors (Lipinski definition) is 2. The highest BCUT2D eigenvalue weighted by Crippen LogP contribution is 2.92. The van der Waals surface area contributed by atoms with Crippen molar-refractivity contribution in [3.05, 3.63) is 35.9 Å². The lowest BCUT2D eigenvalue weighted by atomic mass is 9.80. The van der Waals surface area contributed by atoms with E-state index in [1.165, 1.54) is 5.56 Å². The SMILES string of the molecule is OC12SC1C1SC1C1(c3ccccc3)SC21O. The maximum absolute atomic E-state index is 10.8. The van der Waals surface area contributed by atoms with E-state index in [1.54, 1.807) is 23.5 Å². The Morgan fingerprint density at radius 3 is 2.59 bits per heavy atom. The second-order valence-corrected chi connectivity index (χ2v) is 9.23. The van der Waals surface area contributed by atoms with Gasteiger partial charge in [-0.05, 0) is 5.56 Å². The first-order chi connectivity index (χ1) is 8.13. The van der Waals surface area contributed by atoms with Crippen molar-refractivity contribution >= 4 is 35.3 Å². The number of aliphatic hydroxyl groups is 2. The third kappa shape index (κ3) is 0.871. The zero-order valence-electron chi connectivity index (χ0n) is 8.74. The fourth-order valence-electron chi connectivity index (χ4n) is 3.31. The number of fused-ring (bicyclic) bond motifs is 6. The molecule has 0 bridgehead atoms. The van der Waals surface area contributed by atoms with E-state index in [0.29, 0.717) is 10.5 Å². The minimum absolute atomic E-state index is 0.252.